The van der Waals surface area contributed by atoms with Crippen molar-refractivity contribution in [1.82, 2.24) is 10.6 Å². The van der Waals surface area contributed by atoms with Crippen molar-refractivity contribution in [1.29, 1.82) is 0 Å². The largest absolute Gasteiger partial charge is 0.490 e. The third-order valence-electron chi connectivity index (χ3n) is 3.78. The molecular weight excluding hydrogens is 348 g/mol. The van der Waals surface area contributed by atoms with E-state index in [0.29, 0.717) is 36.0 Å². The minimum atomic E-state index is -0.365. The zero-order valence-electron chi connectivity index (χ0n) is 16.1. The van der Waals surface area contributed by atoms with Crippen LogP contribution in [0.15, 0.2) is 34.7 Å². The first-order chi connectivity index (χ1) is 12.9. The second kappa shape index (κ2) is 9.66. The molecule has 2 aromatic rings. The molecule has 1 aromatic carbocycles. The summed E-state index contributed by atoms with van der Waals surface area (Å²) < 4.78 is 16.5. The van der Waals surface area contributed by atoms with Gasteiger partial charge in [0, 0.05) is 5.56 Å². The van der Waals surface area contributed by atoms with Crippen LogP contribution in [-0.4, -0.2) is 31.6 Å². The number of amides is 2. The Bertz CT molecular complexity index is 784. The van der Waals surface area contributed by atoms with Crippen LogP contribution < -0.4 is 20.1 Å². The standard InChI is InChI=1S/C20H26N2O5/c1-5-25-17-10-8-15(11-18(17)26-6-2)20(24)21-12-19(23)22-14(4)16-9-7-13(3)27-16/h7-11,14H,5-6,12H2,1-4H3,(H,21,24)(H,22,23). The van der Waals surface area contributed by atoms with Crippen molar-refractivity contribution >= 4 is 11.8 Å². The van der Waals surface area contributed by atoms with Crippen LogP contribution in [0.5, 0.6) is 11.5 Å². The zero-order chi connectivity index (χ0) is 19.8. The highest BCUT2D eigenvalue weighted by Crippen LogP contribution is 2.28. The Labute approximate surface area is 159 Å². The van der Waals surface area contributed by atoms with E-state index in [1.54, 1.807) is 18.2 Å². The number of benzene rings is 1. The molecule has 2 amide bonds. The van der Waals surface area contributed by atoms with Gasteiger partial charge in [0.05, 0.1) is 25.8 Å². The summed E-state index contributed by atoms with van der Waals surface area (Å²) in [6.45, 7) is 8.20. The Morgan fingerprint density at radius 1 is 1.07 bits per heavy atom. The third kappa shape index (κ3) is 5.77. The minimum absolute atomic E-state index is 0.139. The average Bonchev–Trinajstić information content (AvgIpc) is 3.08. The lowest BCUT2D eigenvalue weighted by Crippen LogP contribution is -2.37. The first kappa shape index (κ1) is 20.4. The number of rotatable bonds is 9. The summed E-state index contributed by atoms with van der Waals surface area (Å²) in [5, 5.41) is 5.39. The fourth-order valence-electron chi connectivity index (χ4n) is 2.50. The van der Waals surface area contributed by atoms with Gasteiger partial charge in [-0.05, 0) is 58.0 Å². The van der Waals surface area contributed by atoms with Gasteiger partial charge in [-0.25, -0.2) is 0 Å². The van der Waals surface area contributed by atoms with Crippen LogP contribution in [0.4, 0.5) is 0 Å². The molecule has 0 radical (unpaired) electrons. The molecule has 0 fully saturated rings. The van der Waals surface area contributed by atoms with Crippen molar-refractivity contribution in [2.45, 2.75) is 33.7 Å². The topological polar surface area (TPSA) is 89.8 Å². The van der Waals surface area contributed by atoms with Crippen LogP contribution in [0.3, 0.4) is 0 Å². The van der Waals surface area contributed by atoms with Gasteiger partial charge in [0.25, 0.3) is 5.91 Å². The van der Waals surface area contributed by atoms with Crippen molar-refractivity contribution in [2.24, 2.45) is 0 Å². The first-order valence-corrected chi connectivity index (χ1v) is 8.98. The molecular formula is C20H26N2O5. The minimum Gasteiger partial charge on any atom is -0.490 e. The molecule has 1 heterocycles. The van der Waals surface area contributed by atoms with E-state index in [9.17, 15) is 9.59 Å². The molecule has 0 bridgehead atoms. The zero-order valence-corrected chi connectivity index (χ0v) is 16.1. The highest BCUT2D eigenvalue weighted by Gasteiger charge is 2.15. The van der Waals surface area contributed by atoms with E-state index >= 15 is 0 Å². The quantitative estimate of drug-likeness (QED) is 0.704. The van der Waals surface area contributed by atoms with E-state index in [4.69, 9.17) is 13.9 Å². The fourth-order valence-corrected chi connectivity index (χ4v) is 2.50. The molecule has 0 aliphatic heterocycles. The normalized spacial score (nSPS) is 11.6. The van der Waals surface area contributed by atoms with Gasteiger partial charge < -0.3 is 24.5 Å². The predicted molar refractivity (Wildman–Crippen MR) is 101 cm³/mol. The van der Waals surface area contributed by atoms with Crippen LogP contribution >= 0.6 is 0 Å². The Balaban J connectivity index is 1.92. The molecule has 0 saturated heterocycles. The van der Waals surface area contributed by atoms with Crippen LogP contribution in [0.1, 0.15) is 48.7 Å². The smallest absolute Gasteiger partial charge is 0.251 e. The molecule has 0 aliphatic rings. The maximum absolute atomic E-state index is 12.3. The monoisotopic (exact) mass is 374 g/mol. The van der Waals surface area contributed by atoms with E-state index in [0.717, 1.165) is 5.76 Å². The highest BCUT2D eigenvalue weighted by molar-refractivity contribution is 5.97. The lowest BCUT2D eigenvalue weighted by Gasteiger charge is -2.13. The van der Waals surface area contributed by atoms with Crippen molar-refractivity contribution in [2.75, 3.05) is 19.8 Å². The van der Waals surface area contributed by atoms with Crippen molar-refractivity contribution in [3.63, 3.8) is 0 Å². The van der Waals surface area contributed by atoms with E-state index < -0.39 is 0 Å². The highest BCUT2D eigenvalue weighted by atomic mass is 16.5. The Morgan fingerprint density at radius 2 is 1.78 bits per heavy atom. The van der Waals surface area contributed by atoms with Gasteiger partial charge in [-0.2, -0.15) is 0 Å². The van der Waals surface area contributed by atoms with Gasteiger partial charge in [0.2, 0.25) is 5.91 Å². The number of aryl methyl sites for hydroxylation is 1. The number of hydrogen-bond acceptors (Lipinski definition) is 5. The van der Waals surface area contributed by atoms with Crippen LogP contribution in [0.25, 0.3) is 0 Å². The maximum atomic E-state index is 12.3. The molecule has 27 heavy (non-hydrogen) atoms. The van der Waals surface area contributed by atoms with Gasteiger partial charge in [-0.3, -0.25) is 9.59 Å². The molecule has 1 aromatic heterocycles. The first-order valence-electron chi connectivity index (χ1n) is 8.98. The molecule has 0 saturated carbocycles. The SMILES string of the molecule is CCOc1ccc(C(=O)NCC(=O)NC(C)c2ccc(C)o2)cc1OCC. The van der Waals surface area contributed by atoms with Gasteiger partial charge in [0.15, 0.2) is 11.5 Å². The van der Waals surface area contributed by atoms with E-state index in [2.05, 4.69) is 10.6 Å². The van der Waals surface area contributed by atoms with Crippen LogP contribution in [-0.2, 0) is 4.79 Å². The summed E-state index contributed by atoms with van der Waals surface area (Å²) in [6, 6.07) is 8.30. The van der Waals surface area contributed by atoms with Crippen LogP contribution in [0, 0.1) is 6.92 Å². The molecule has 1 unspecified atom stereocenters. The van der Waals surface area contributed by atoms with Crippen molar-refractivity contribution in [3.8, 4) is 11.5 Å². The van der Waals surface area contributed by atoms with E-state index in [1.807, 2.05) is 39.8 Å². The predicted octanol–water partition coefficient (Wildman–Crippen LogP) is 2.99. The molecule has 146 valence electrons. The molecule has 2 N–H and O–H groups in total. The number of carbonyl (C=O) groups is 2. The molecule has 0 aliphatic carbocycles. The summed E-state index contributed by atoms with van der Waals surface area (Å²) in [5.74, 6) is 1.85. The van der Waals surface area contributed by atoms with E-state index in [1.165, 1.54) is 0 Å². The molecule has 7 heteroatoms. The lowest BCUT2D eigenvalue weighted by molar-refractivity contribution is -0.120. The summed E-state index contributed by atoms with van der Waals surface area (Å²) in [7, 11) is 0. The van der Waals surface area contributed by atoms with Gasteiger partial charge >= 0.3 is 0 Å². The number of carbonyl (C=O) groups excluding carboxylic acids is 2. The number of nitrogens with one attached hydrogen (secondary N) is 2. The second-order valence-corrected chi connectivity index (χ2v) is 5.95. The average molecular weight is 374 g/mol. The third-order valence-corrected chi connectivity index (χ3v) is 3.78. The Morgan fingerprint density at radius 3 is 2.41 bits per heavy atom. The number of furan rings is 1. The molecule has 0 spiro atoms. The van der Waals surface area contributed by atoms with Gasteiger partial charge in [0.1, 0.15) is 11.5 Å². The van der Waals surface area contributed by atoms with Crippen LogP contribution in [0.2, 0.25) is 0 Å². The number of ether oxygens (including phenoxy) is 2. The van der Waals surface area contributed by atoms with Crippen molar-refractivity contribution < 1.29 is 23.5 Å². The van der Waals surface area contributed by atoms with E-state index in [-0.39, 0.29) is 24.4 Å². The summed E-state index contributed by atoms with van der Waals surface area (Å²) in [4.78, 5) is 24.4. The fraction of sp³-hybridized carbons (Fsp3) is 0.400. The second-order valence-electron chi connectivity index (χ2n) is 5.95. The number of hydrogen-bond donors (Lipinski definition) is 2. The molecule has 2 rings (SSSR count). The van der Waals surface area contributed by atoms with Gasteiger partial charge in [-0.1, -0.05) is 0 Å². The molecule has 1 atom stereocenters. The van der Waals surface area contributed by atoms with Crippen molar-refractivity contribution in [3.05, 3.63) is 47.4 Å². The summed E-state index contributed by atoms with van der Waals surface area (Å²) >= 11 is 0. The van der Waals surface area contributed by atoms with Gasteiger partial charge in [-0.15, -0.1) is 0 Å². The summed E-state index contributed by atoms with van der Waals surface area (Å²) in [5.41, 5.74) is 0.393. The molecule has 7 nitrogen and oxygen atoms in total. The Kier molecular flexibility index (Phi) is 7.28. The summed E-state index contributed by atoms with van der Waals surface area (Å²) in [6.07, 6.45) is 0. The maximum Gasteiger partial charge on any atom is 0.251 e. The lowest BCUT2D eigenvalue weighted by atomic mass is 10.2. The Hall–Kier alpha value is -2.96.